The molecule has 1 aliphatic heterocycles. The van der Waals surface area contributed by atoms with E-state index in [1.807, 2.05) is 18.2 Å². The van der Waals surface area contributed by atoms with E-state index in [0.29, 0.717) is 25.3 Å². The molecule has 1 aromatic rings. The summed E-state index contributed by atoms with van der Waals surface area (Å²) in [6.45, 7) is 3.81. The van der Waals surface area contributed by atoms with E-state index in [0.717, 1.165) is 25.7 Å². The van der Waals surface area contributed by atoms with E-state index < -0.39 is 5.79 Å². The maximum Gasteiger partial charge on any atom is 0.251 e. The lowest BCUT2D eigenvalue weighted by Crippen LogP contribution is -2.53. The van der Waals surface area contributed by atoms with E-state index in [2.05, 4.69) is 12.2 Å². The van der Waals surface area contributed by atoms with Crippen LogP contribution in [0, 0.1) is 0 Å². The third-order valence-electron chi connectivity index (χ3n) is 3.94. The van der Waals surface area contributed by atoms with Crippen molar-refractivity contribution in [2.75, 3.05) is 19.8 Å². The molecule has 5 heteroatoms. The molecular weight excluding hydrogens is 280 g/mol. The normalized spacial score (nSPS) is 18.1. The van der Waals surface area contributed by atoms with Gasteiger partial charge in [-0.1, -0.05) is 31.5 Å². The highest BCUT2D eigenvalue weighted by Gasteiger charge is 2.44. The molecule has 0 aromatic heterocycles. The highest BCUT2D eigenvalue weighted by molar-refractivity contribution is 5.94. The monoisotopic (exact) mass is 306 g/mol. The Bertz CT molecular complexity index is 458. The Labute approximate surface area is 132 Å². The Hall–Kier alpha value is -1.43. The molecule has 2 rings (SSSR count). The molecule has 0 aliphatic carbocycles. The van der Waals surface area contributed by atoms with Crippen LogP contribution in [0.15, 0.2) is 30.3 Å². The number of nitrogens with one attached hydrogen (secondary N) is 1. The SMILES string of the molecule is CCCC1(C(CCCN)NC(=O)c2ccccc2)OCCO1. The van der Waals surface area contributed by atoms with Gasteiger partial charge in [0.25, 0.3) is 5.91 Å². The van der Waals surface area contributed by atoms with E-state index in [1.54, 1.807) is 12.1 Å². The van der Waals surface area contributed by atoms with E-state index in [4.69, 9.17) is 15.2 Å². The smallest absolute Gasteiger partial charge is 0.251 e. The number of hydrogen-bond acceptors (Lipinski definition) is 4. The fourth-order valence-electron chi connectivity index (χ4n) is 2.89. The number of nitrogens with two attached hydrogens (primary N) is 1. The fraction of sp³-hybridized carbons (Fsp3) is 0.588. The van der Waals surface area contributed by atoms with Crippen LogP contribution < -0.4 is 11.1 Å². The first-order valence-electron chi connectivity index (χ1n) is 8.05. The number of rotatable bonds is 8. The highest BCUT2D eigenvalue weighted by atomic mass is 16.7. The van der Waals surface area contributed by atoms with Crippen molar-refractivity contribution >= 4 is 5.91 Å². The van der Waals surface area contributed by atoms with Crippen LogP contribution in [-0.2, 0) is 9.47 Å². The van der Waals surface area contributed by atoms with Gasteiger partial charge in [0.15, 0.2) is 5.79 Å². The minimum atomic E-state index is -0.714. The van der Waals surface area contributed by atoms with E-state index in [9.17, 15) is 4.79 Å². The van der Waals surface area contributed by atoms with E-state index >= 15 is 0 Å². The predicted octanol–water partition coefficient (Wildman–Crippen LogP) is 2.07. The fourth-order valence-corrected chi connectivity index (χ4v) is 2.89. The lowest BCUT2D eigenvalue weighted by atomic mass is 9.96. The van der Waals surface area contributed by atoms with Gasteiger partial charge in [0.2, 0.25) is 0 Å². The second-order valence-corrected chi connectivity index (χ2v) is 5.58. The Kier molecular flexibility index (Phi) is 6.36. The van der Waals surface area contributed by atoms with Gasteiger partial charge in [0, 0.05) is 12.0 Å². The number of carbonyl (C=O) groups excluding carboxylic acids is 1. The maximum atomic E-state index is 12.5. The molecule has 22 heavy (non-hydrogen) atoms. The summed E-state index contributed by atoms with van der Waals surface area (Å²) < 4.78 is 11.8. The third-order valence-corrected chi connectivity index (χ3v) is 3.94. The number of amides is 1. The molecule has 1 saturated heterocycles. The maximum absolute atomic E-state index is 12.5. The van der Waals surface area contributed by atoms with Crippen molar-refractivity contribution in [1.29, 1.82) is 0 Å². The lowest BCUT2D eigenvalue weighted by Gasteiger charge is -2.36. The zero-order chi connectivity index (χ0) is 15.8. The average molecular weight is 306 g/mol. The molecule has 0 saturated carbocycles. The third kappa shape index (κ3) is 4.06. The molecule has 0 radical (unpaired) electrons. The van der Waals surface area contributed by atoms with Gasteiger partial charge in [0.1, 0.15) is 0 Å². The molecule has 0 spiro atoms. The van der Waals surface area contributed by atoms with Gasteiger partial charge >= 0.3 is 0 Å². The molecule has 1 fully saturated rings. The Balaban J connectivity index is 2.13. The average Bonchev–Trinajstić information content (AvgIpc) is 3.02. The second kappa shape index (κ2) is 8.27. The molecule has 1 aliphatic rings. The topological polar surface area (TPSA) is 73.6 Å². The van der Waals surface area contributed by atoms with E-state index in [-0.39, 0.29) is 11.9 Å². The van der Waals surface area contributed by atoms with E-state index in [1.165, 1.54) is 0 Å². The predicted molar refractivity (Wildman–Crippen MR) is 85.5 cm³/mol. The second-order valence-electron chi connectivity index (χ2n) is 5.58. The summed E-state index contributed by atoms with van der Waals surface area (Å²) in [6.07, 6.45) is 3.25. The Morgan fingerprint density at radius 1 is 1.32 bits per heavy atom. The van der Waals surface area contributed by atoms with Crippen molar-refractivity contribution in [3.63, 3.8) is 0 Å². The number of carbonyl (C=O) groups is 1. The molecule has 3 N–H and O–H groups in total. The summed E-state index contributed by atoms with van der Waals surface area (Å²) in [7, 11) is 0. The van der Waals surface area contributed by atoms with Crippen molar-refractivity contribution in [3.8, 4) is 0 Å². The molecular formula is C17H26N2O3. The first-order valence-corrected chi connectivity index (χ1v) is 8.05. The minimum absolute atomic E-state index is 0.0998. The van der Waals surface area contributed by atoms with Crippen LogP contribution in [0.3, 0.4) is 0 Å². The van der Waals surface area contributed by atoms with Crippen LogP contribution in [0.1, 0.15) is 43.0 Å². The summed E-state index contributed by atoms with van der Waals surface area (Å²) in [5, 5.41) is 3.09. The van der Waals surface area contributed by atoms with Gasteiger partial charge in [-0.05, 0) is 31.5 Å². The minimum Gasteiger partial charge on any atom is -0.346 e. The zero-order valence-corrected chi connectivity index (χ0v) is 13.2. The lowest BCUT2D eigenvalue weighted by molar-refractivity contribution is -0.183. The summed E-state index contributed by atoms with van der Waals surface area (Å²) in [6, 6.07) is 9.02. The zero-order valence-electron chi connectivity index (χ0n) is 13.2. The number of hydrogen-bond donors (Lipinski definition) is 2. The first-order chi connectivity index (χ1) is 10.7. The molecule has 122 valence electrons. The van der Waals surface area contributed by atoms with Crippen LogP contribution >= 0.6 is 0 Å². The van der Waals surface area contributed by atoms with Crippen LogP contribution in [0.25, 0.3) is 0 Å². The first kappa shape index (κ1) is 16.9. The Morgan fingerprint density at radius 3 is 2.59 bits per heavy atom. The summed E-state index contributed by atoms with van der Waals surface area (Å²) >= 11 is 0. The van der Waals surface area contributed by atoms with Crippen molar-refractivity contribution < 1.29 is 14.3 Å². The summed E-state index contributed by atoms with van der Waals surface area (Å²) in [5.74, 6) is -0.814. The van der Waals surface area contributed by atoms with Crippen LogP contribution in [0.2, 0.25) is 0 Å². The van der Waals surface area contributed by atoms with Crippen LogP contribution in [0.5, 0.6) is 0 Å². The van der Waals surface area contributed by atoms with Crippen LogP contribution in [-0.4, -0.2) is 37.5 Å². The van der Waals surface area contributed by atoms with Gasteiger partial charge in [-0.25, -0.2) is 0 Å². The van der Waals surface area contributed by atoms with Crippen molar-refractivity contribution in [2.45, 2.75) is 44.4 Å². The van der Waals surface area contributed by atoms with Crippen LogP contribution in [0.4, 0.5) is 0 Å². The number of ether oxygens (including phenoxy) is 2. The van der Waals surface area contributed by atoms with Gasteiger partial charge in [-0.15, -0.1) is 0 Å². The summed E-state index contributed by atoms with van der Waals surface area (Å²) in [5.41, 5.74) is 6.28. The molecule has 1 amide bonds. The quantitative estimate of drug-likeness (QED) is 0.771. The molecule has 5 nitrogen and oxygen atoms in total. The molecule has 1 unspecified atom stereocenters. The van der Waals surface area contributed by atoms with Gasteiger partial charge in [-0.3, -0.25) is 4.79 Å². The van der Waals surface area contributed by atoms with Gasteiger partial charge < -0.3 is 20.5 Å². The highest BCUT2D eigenvalue weighted by Crippen LogP contribution is 2.31. The van der Waals surface area contributed by atoms with Crippen molar-refractivity contribution in [3.05, 3.63) is 35.9 Å². The van der Waals surface area contributed by atoms with Crippen molar-refractivity contribution in [2.24, 2.45) is 5.73 Å². The molecule has 0 bridgehead atoms. The Morgan fingerprint density at radius 2 is 2.00 bits per heavy atom. The molecule has 1 aromatic carbocycles. The molecule has 1 heterocycles. The summed E-state index contributed by atoms with van der Waals surface area (Å²) in [4.78, 5) is 12.5. The van der Waals surface area contributed by atoms with Gasteiger partial charge in [-0.2, -0.15) is 0 Å². The largest absolute Gasteiger partial charge is 0.346 e. The van der Waals surface area contributed by atoms with Crippen molar-refractivity contribution in [1.82, 2.24) is 5.32 Å². The standard InChI is InChI=1S/C17H26N2O3/c1-2-10-17(21-12-13-22-17)15(9-6-11-18)19-16(20)14-7-4-3-5-8-14/h3-5,7-8,15H,2,6,9-13,18H2,1H3,(H,19,20). The molecule has 1 atom stereocenters. The number of benzene rings is 1. The van der Waals surface area contributed by atoms with Gasteiger partial charge in [0.05, 0.1) is 19.3 Å².